The molecule has 6 heteroatoms. The van der Waals surface area contributed by atoms with E-state index < -0.39 is 11.9 Å². The van der Waals surface area contributed by atoms with Gasteiger partial charge in [0.25, 0.3) is 0 Å². The number of hydrogen-bond donors (Lipinski definition) is 1. The van der Waals surface area contributed by atoms with Crippen molar-refractivity contribution in [2.75, 3.05) is 6.54 Å². The van der Waals surface area contributed by atoms with E-state index >= 15 is 0 Å². The van der Waals surface area contributed by atoms with Gasteiger partial charge in [0.1, 0.15) is 0 Å². The third-order valence-electron chi connectivity index (χ3n) is 2.90. The molecular formula is C12H12N2O4. The first-order valence-corrected chi connectivity index (χ1v) is 5.55. The maximum absolute atomic E-state index is 12.0. The number of likely N-dealkylation sites (tertiary alicyclic amines) is 1. The summed E-state index contributed by atoms with van der Waals surface area (Å²) >= 11 is 0. The molecule has 2 heterocycles. The lowest BCUT2D eigenvalue weighted by Gasteiger charge is -2.13. The number of carboxylic acids is 1. The van der Waals surface area contributed by atoms with Crippen molar-refractivity contribution in [1.29, 1.82) is 0 Å². The van der Waals surface area contributed by atoms with Crippen LogP contribution >= 0.6 is 0 Å². The van der Waals surface area contributed by atoms with Crippen LogP contribution in [0.2, 0.25) is 0 Å². The van der Waals surface area contributed by atoms with Crippen molar-refractivity contribution in [3.8, 4) is 0 Å². The molecule has 0 radical (unpaired) electrons. The zero-order valence-electron chi connectivity index (χ0n) is 9.57. The van der Waals surface area contributed by atoms with Gasteiger partial charge in [-0.1, -0.05) is 0 Å². The molecule has 0 spiro atoms. The summed E-state index contributed by atoms with van der Waals surface area (Å²) in [6.45, 7) is -0.0609. The Labute approximate surface area is 103 Å². The predicted octanol–water partition coefficient (Wildman–Crippen LogP) is 0.399. The van der Waals surface area contributed by atoms with Gasteiger partial charge in [-0.3, -0.25) is 24.3 Å². The summed E-state index contributed by atoms with van der Waals surface area (Å²) in [6, 6.07) is 3.38. The molecule has 2 rings (SSSR count). The van der Waals surface area contributed by atoms with Gasteiger partial charge in [-0.2, -0.15) is 0 Å². The van der Waals surface area contributed by atoms with Gasteiger partial charge >= 0.3 is 5.97 Å². The fourth-order valence-corrected chi connectivity index (χ4v) is 1.98. The van der Waals surface area contributed by atoms with Crippen LogP contribution in [-0.4, -0.2) is 39.3 Å². The Hall–Kier alpha value is -2.24. The Morgan fingerprint density at radius 2 is 2.06 bits per heavy atom. The average Bonchev–Trinajstić information content (AvgIpc) is 2.63. The van der Waals surface area contributed by atoms with Crippen molar-refractivity contribution >= 4 is 17.8 Å². The number of pyridine rings is 1. The van der Waals surface area contributed by atoms with E-state index in [9.17, 15) is 14.4 Å². The van der Waals surface area contributed by atoms with Crippen molar-refractivity contribution in [2.45, 2.75) is 18.8 Å². The highest BCUT2D eigenvalue weighted by Crippen LogP contribution is 2.29. The molecule has 18 heavy (non-hydrogen) atoms. The molecule has 2 amide bonds. The van der Waals surface area contributed by atoms with Crippen molar-refractivity contribution in [1.82, 2.24) is 9.88 Å². The van der Waals surface area contributed by atoms with Crippen LogP contribution in [0.1, 0.15) is 24.3 Å². The van der Waals surface area contributed by atoms with Crippen molar-refractivity contribution in [2.24, 2.45) is 0 Å². The van der Waals surface area contributed by atoms with Crippen LogP contribution < -0.4 is 0 Å². The Morgan fingerprint density at radius 1 is 1.39 bits per heavy atom. The third-order valence-corrected chi connectivity index (χ3v) is 2.90. The van der Waals surface area contributed by atoms with Gasteiger partial charge in [-0.15, -0.1) is 0 Å². The minimum atomic E-state index is -1.03. The molecule has 1 N–H and O–H groups in total. The number of nitrogens with zero attached hydrogens (tertiary/aromatic N) is 2. The summed E-state index contributed by atoms with van der Waals surface area (Å²) < 4.78 is 0. The zero-order valence-corrected chi connectivity index (χ0v) is 9.57. The zero-order chi connectivity index (χ0) is 13.1. The molecule has 94 valence electrons. The highest BCUT2D eigenvalue weighted by Gasteiger charge is 2.39. The fourth-order valence-electron chi connectivity index (χ4n) is 1.98. The minimum absolute atomic E-state index is 0.0609. The van der Waals surface area contributed by atoms with Gasteiger partial charge in [0.2, 0.25) is 11.8 Å². The summed E-state index contributed by atoms with van der Waals surface area (Å²) in [5.74, 6) is -2.17. The number of carbonyl (C=O) groups excluding carboxylic acids is 2. The number of carbonyl (C=O) groups is 3. The summed E-state index contributed by atoms with van der Waals surface area (Å²) in [7, 11) is 0. The van der Waals surface area contributed by atoms with E-state index in [1.165, 1.54) is 0 Å². The van der Waals surface area contributed by atoms with E-state index in [4.69, 9.17) is 5.11 Å². The van der Waals surface area contributed by atoms with Gasteiger partial charge < -0.3 is 5.11 Å². The molecule has 1 aromatic heterocycles. The van der Waals surface area contributed by atoms with Crippen LogP contribution in [0.5, 0.6) is 0 Å². The summed E-state index contributed by atoms with van der Waals surface area (Å²) in [4.78, 5) is 39.0. The van der Waals surface area contributed by atoms with Gasteiger partial charge in [-0.05, 0) is 17.7 Å². The van der Waals surface area contributed by atoms with E-state index in [1.807, 2.05) is 0 Å². The quantitative estimate of drug-likeness (QED) is 0.779. The standard InChI is InChI=1S/C12H12N2O4/c15-10-7-9(8-1-4-13-5-2-8)12(18)14(10)6-3-11(16)17/h1-2,4-5,9H,3,6-7H2,(H,16,17). The van der Waals surface area contributed by atoms with Gasteiger partial charge in [0, 0.05) is 25.4 Å². The molecule has 1 aliphatic rings. The lowest BCUT2D eigenvalue weighted by Crippen LogP contribution is -2.32. The molecule has 0 saturated carbocycles. The number of imide groups is 1. The van der Waals surface area contributed by atoms with E-state index in [1.54, 1.807) is 24.5 Å². The molecule has 0 aliphatic carbocycles. The van der Waals surface area contributed by atoms with E-state index in [0.717, 1.165) is 10.5 Å². The molecule has 1 aliphatic heterocycles. The normalized spacial score (nSPS) is 19.3. The molecule has 0 bridgehead atoms. The second-order valence-corrected chi connectivity index (χ2v) is 4.06. The highest BCUT2D eigenvalue weighted by atomic mass is 16.4. The van der Waals surface area contributed by atoms with E-state index in [0.29, 0.717) is 0 Å². The van der Waals surface area contributed by atoms with E-state index in [2.05, 4.69) is 4.98 Å². The lowest BCUT2D eigenvalue weighted by atomic mass is 9.99. The Morgan fingerprint density at radius 3 is 2.67 bits per heavy atom. The maximum atomic E-state index is 12.0. The van der Waals surface area contributed by atoms with Crippen molar-refractivity contribution in [3.63, 3.8) is 0 Å². The predicted molar refractivity (Wildman–Crippen MR) is 60.6 cm³/mol. The Bertz CT molecular complexity index is 486. The minimum Gasteiger partial charge on any atom is -0.481 e. The van der Waals surface area contributed by atoms with Crippen LogP contribution in [0.4, 0.5) is 0 Å². The maximum Gasteiger partial charge on any atom is 0.305 e. The van der Waals surface area contributed by atoms with Gasteiger partial charge in [-0.25, -0.2) is 0 Å². The topological polar surface area (TPSA) is 87.6 Å². The Kier molecular flexibility index (Phi) is 3.36. The Balaban J connectivity index is 2.12. The van der Waals surface area contributed by atoms with Crippen molar-refractivity contribution in [3.05, 3.63) is 30.1 Å². The van der Waals surface area contributed by atoms with Crippen molar-refractivity contribution < 1.29 is 19.5 Å². The van der Waals surface area contributed by atoms with E-state index in [-0.39, 0.29) is 31.2 Å². The molecule has 1 atom stereocenters. The molecule has 1 saturated heterocycles. The second-order valence-electron chi connectivity index (χ2n) is 4.06. The van der Waals surface area contributed by atoms with Crippen LogP contribution in [0.15, 0.2) is 24.5 Å². The summed E-state index contributed by atoms with van der Waals surface area (Å²) in [6.07, 6.45) is 3.00. The van der Waals surface area contributed by atoms with Crippen LogP contribution in [0.3, 0.4) is 0 Å². The number of carboxylic acid groups (broad SMARTS) is 1. The van der Waals surface area contributed by atoms with Crippen LogP contribution in [0.25, 0.3) is 0 Å². The smallest absolute Gasteiger partial charge is 0.305 e. The average molecular weight is 248 g/mol. The first-order valence-electron chi connectivity index (χ1n) is 5.55. The number of rotatable bonds is 4. The van der Waals surface area contributed by atoms with Gasteiger partial charge in [0.05, 0.1) is 12.3 Å². The highest BCUT2D eigenvalue weighted by molar-refractivity contribution is 6.06. The molecule has 1 fully saturated rings. The molecular weight excluding hydrogens is 236 g/mol. The number of aliphatic carboxylic acids is 1. The SMILES string of the molecule is O=C(O)CCN1C(=O)CC(c2ccncc2)C1=O. The molecule has 1 aromatic rings. The number of aromatic nitrogens is 1. The number of hydrogen-bond acceptors (Lipinski definition) is 4. The molecule has 0 aromatic carbocycles. The van der Waals surface area contributed by atoms with Crippen LogP contribution in [-0.2, 0) is 14.4 Å². The molecule has 6 nitrogen and oxygen atoms in total. The third kappa shape index (κ3) is 2.37. The van der Waals surface area contributed by atoms with Crippen LogP contribution in [0, 0.1) is 0 Å². The second kappa shape index (κ2) is 4.95. The number of amides is 2. The first kappa shape index (κ1) is 12.2. The largest absolute Gasteiger partial charge is 0.481 e. The molecule has 1 unspecified atom stereocenters. The monoisotopic (exact) mass is 248 g/mol. The lowest BCUT2D eigenvalue weighted by molar-refractivity contribution is -0.141. The van der Waals surface area contributed by atoms with Gasteiger partial charge in [0.15, 0.2) is 0 Å². The summed E-state index contributed by atoms with van der Waals surface area (Å²) in [5.41, 5.74) is 0.737. The summed E-state index contributed by atoms with van der Waals surface area (Å²) in [5, 5.41) is 8.57. The fraction of sp³-hybridized carbons (Fsp3) is 0.333. The first-order chi connectivity index (χ1) is 8.59.